The van der Waals surface area contributed by atoms with Crippen molar-refractivity contribution in [2.24, 2.45) is 5.92 Å². The minimum absolute atomic E-state index is 0.0606. The zero-order chi connectivity index (χ0) is 24.1. The Morgan fingerprint density at radius 2 is 1.86 bits per heavy atom. The van der Waals surface area contributed by atoms with Crippen molar-refractivity contribution < 1.29 is 4.74 Å². The Kier molecular flexibility index (Phi) is 4.92. The second-order valence-corrected chi connectivity index (χ2v) is 10.2. The number of nitrogens with zero attached hydrogens (tertiary/aromatic N) is 5. The van der Waals surface area contributed by atoms with Crippen molar-refractivity contribution in [2.75, 3.05) is 20.1 Å². The predicted molar refractivity (Wildman–Crippen MR) is 139 cm³/mol. The fourth-order valence-corrected chi connectivity index (χ4v) is 6.36. The van der Waals surface area contributed by atoms with Crippen molar-refractivity contribution in [3.63, 3.8) is 0 Å². The summed E-state index contributed by atoms with van der Waals surface area (Å²) in [6.07, 6.45) is 3.22. The molecule has 1 fully saturated rings. The maximum absolute atomic E-state index is 6.26. The van der Waals surface area contributed by atoms with E-state index in [1.807, 2.05) is 36.4 Å². The van der Waals surface area contributed by atoms with E-state index in [2.05, 4.69) is 74.9 Å². The van der Waals surface area contributed by atoms with Crippen LogP contribution in [0.4, 0.5) is 0 Å². The molecule has 2 aliphatic rings. The lowest BCUT2D eigenvalue weighted by atomic mass is 9.59. The molecular formula is C29H28N6O. The minimum atomic E-state index is 0.0606. The smallest absolute Gasteiger partial charge is 0.345 e. The van der Waals surface area contributed by atoms with Crippen LogP contribution in [0.15, 0.2) is 78.9 Å². The topological polar surface area (TPSA) is 71.9 Å². The van der Waals surface area contributed by atoms with Gasteiger partial charge in [0.15, 0.2) is 0 Å². The normalized spacial score (nSPS) is 21.8. The Hall–Kier alpha value is -3.97. The molecule has 36 heavy (non-hydrogen) atoms. The third kappa shape index (κ3) is 3.42. The summed E-state index contributed by atoms with van der Waals surface area (Å²) in [5.41, 5.74) is 6.38. The molecule has 180 valence electrons. The van der Waals surface area contributed by atoms with E-state index < -0.39 is 0 Å². The molecule has 2 atom stereocenters. The first kappa shape index (κ1) is 21.3. The molecule has 1 N–H and O–H groups in total. The van der Waals surface area contributed by atoms with Gasteiger partial charge in [-0.1, -0.05) is 53.6 Å². The fraction of sp³-hybridized carbons (Fsp3) is 0.276. The molecule has 0 amide bonds. The molecule has 0 radical (unpaired) electrons. The van der Waals surface area contributed by atoms with Crippen molar-refractivity contribution in [3.8, 4) is 17.4 Å². The summed E-state index contributed by atoms with van der Waals surface area (Å²) in [5, 5.41) is 13.5. The summed E-state index contributed by atoms with van der Waals surface area (Å²) in [7, 11) is 2.25. The molecule has 0 saturated carbocycles. The monoisotopic (exact) mass is 476 g/mol. The molecule has 7 nitrogen and oxygen atoms in total. The Balaban J connectivity index is 1.27. The molecule has 0 bridgehead atoms. The Morgan fingerprint density at radius 3 is 2.78 bits per heavy atom. The number of rotatable bonds is 4. The number of hydrogen-bond acceptors (Lipinski definition) is 5. The van der Waals surface area contributed by atoms with E-state index in [0.29, 0.717) is 11.9 Å². The van der Waals surface area contributed by atoms with E-state index >= 15 is 0 Å². The van der Waals surface area contributed by atoms with Crippen LogP contribution in [0, 0.1) is 5.92 Å². The van der Waals surface area contributed by atoms with Gasteiger partial charge < -0.3 is 14.6 Å². The molecule has 1 saturated heterocycles. The third-order valence-corrected chi connectivity index (χ3v) is 8.16. The molecule has 2 aromatic heterocycles. The number of hydrogen-bond donors (Lipinski definition) is 1. The third-order valence-electron chi connectivity index (χ3n) is 8.16. The van der Waals surface area contributed by atoms with Crippen LogP contribution in [-0.4, -0.2) is 50.2 Å². The van der Waals surface area contributed by atoms with Crippen molar-refractivity contribution in [1.29, 1.82) is 0 Å². The zero-order valence-corrected chi connectivity index (χ0v) is 20.3. The number of nitrogens with one attached hydrogen (secondary N) is 1. The lowest BCUT2D eigenvalue weighted by Gasteiger charge is -2.50. The molecule has 7 heteroatoms. The zero-order valence-electron chi connectivity index (χ0n) is 20.3. The maximum atomic E-state index is 6.26. The molecule has 2 unspecified atom stereocenters. The van der Waals surface area contributed by atoms with E-state index in [9.17, 15) is 0 Å². The lowest BCUT2D eigenvalue weighted by Crippen LogP contribution is -2.52. The first-order valence-corrected chi connectivity index (χ1v) is 12.6. The first-order chi connectivity index (χ1) is 17.7. The highest BCUT2D eigenvalue weighted by molar-refractivity contribution is 5.85. The van der Waals surface area contributed by atoms with Crippen LogP contribution in [0.3, 0.4) is 0 Å². The van der Waals surface area contributed by atoms with Crippen molar-refractivity contribution >= 4 is 10.9 Å². The van der Waals surface area contributed by atoms with Gasteiger partial charge in [0.25, 0.3) is 0 Å². The summed E-state index contributed by atoms with van der Waals surface area (Å²) in [6, 6.07) is 27.5. The minimum Gasteiger partial charge on any atom is -0.423 e. The molecule has 7 rings (SSSR count). The predicted octanol–water partition coefficient (Wildman–Crippen LogP) is 4.92. The standard InChI is InChI=1S/C29H28N6O/c1-34-15-14-29(18-27-25(17-21(29)19-34)24-12-5-6-13-26(24)30-27)20-8-7-11-23(16-20)36-28-31-32-33-35(28)22-9-3-2-4-10-22/h2-13,16,21,30H,14-15,17-19H2,1H3. The van der Waals surface area contributed by atoms with Crippen LogP contribution < -0.4 is 4.74 Å². The van der Waals surface area contributed by atoms with Crippen LogP contribution in [0.2, 0.25) is 0 Å². The summed E-state index contributed by atoms with van der Waals surface area (Å²) < 4.78 is 7.88. The number of tetrazole rings is 1. The second-order valence-electron chi connectivity index (χ2n) is 10.2. The van der Waals surface area contributed by atoms with E-state index in [4.69, 9.17) is 4.74 Å². The van der Waals surface area contributed by atoms with E-state index in [-0.39, 0.29) is 5.41 Å². The quantitative estimate of drug-likeness (QED) is 0.399. The van der Waals surface area contributed by atoms with E-state index in [0.717, 1.165) is 43.8 Å². The molecule has 1 aliphatic heterocycles. The molecule has 3 heterocycles. The number of aromatic nitrogens is 5. The summed E-state index contributed by atoms with van der Waals surface area (Å²) in [5.74, 6) is 1.29. The Bertz CT molecular complexity index is 1540. The summed E-state index contributed by atoms with van der Waals surface area (Å²) in [6.45, 7) is 2.18. The van der Waals surface area contributed by atoms with Gasteiger partial charge in [0.1, 0.15) is 5.75 Å². The van der Waals surface area contributed by atoms with Gasteiger partial charge in [-0.15, -0.1) is 0 Å². The lowest BCUT2D eigenvalue weighted by molar-refractivity contribution is 0.0994. The maximum Gasteiger partial charge on any atom is 0.345 e. The van der Waals surface area contributed by atoms with Crippen molar-refractivity contribution in [1.82, 2.24) is 30.1 Å². The second kappa shape index (κ2) is 8.31. The number of piperidine rings is 1. The average Bonchev–Trinajstić information content (AvgIpc) is 3.52. The van der Waals surface area contributed by atoms with Crippen LogP contribution >= 0.6 is 0 Å². The van der Waals surface area contributed by atoms with Crippen molar-refractivity contribution in [2.45, 2.75) is 24.7 Å². The number of H-pyrrole nitrogens is 1. The number of aromatic amines is 1. The number of fused-ring (bicyclic) bond motifs is 4. The van der Waals surface area contributed by atoms with E-state index in [1.54, 1.807) is 4.68 Å². The van der Waals surface area contributed by atoms with Gasteiger partial charge >= 0.3 is 6.01 Å². The van der Waals surface area contributed by atoms with E-state index in [1.165, 1.54) is 27.7 Å². The number of benzene rings is 3. The van der Waals surface area contributed by atoms with Gasteiger partial charge in [0.2, 0.25) is 0 Å². The van der Waals surface area contributed by atoms with Gasteiger partial charge in [-0.05, 0) is 90.7 Å². The molecule has 0 spiro atoms. The highest BCUT2D eigenvalue weighted by Crippen LogP contribution is 2.49. The number of likely N-dealkylation sites (tertiary alicyclic amines) is 1. The molecular weight excluding hydrogens is 448 g/mol. The average molecular weight is 477 g/mol. The van der Waals surface area contributed by atoms with Crippen LogP contribution in [0.1, 0.15) is 23.2 Å². The number of para-hydroxylation sites is 2. The fourth-order valence-electron chi connectivity index (χ4n) is 6.36. The van der Waals surface area contributed by atoms with Crippen LogP contribution in [-0.2, 0) is 18.3 Å². The van der Waals surface area contributed by atoms with Crippen molar-refractivity contribution in [3.05, 3.63) is 95.7 Å². The van der Waals surface area contributed by atoms with Gasteiger partial charge in [-0.25, -0.2) is 0 Å². The summed E-state index contributed by atoms with van der Waals surface area (Å²) >= 11 is 0. The molecule has 5 aromatic rings. The van der Waals surface area contributed by atoms with Gasteiger partial charge in [-0.3, -0.25) is 0 Å². The highest BCUT2D eigenvalue weighted by Gasteiger charge is 2.47. The summed E-state index contributed by atoms with van der Waals surface area (Å²) in [4.78, 5) is 6.24. The first-order valence-electron chi connectivity index (χ1n) is 12.6. The largest absolute Gasteiger partial charge is 0.423 e. The van der Waals surface area contributed by atoms with Gasteiger partial charge in [0, 0.05) is 28.6 Å². The number of ether oxygens (including phenoxy) is 1. The van der Waals surface area contributed by atoms with Gasteiger partial charge in [0.05, 0.1) is 5.69 Å². The molecule has 1 aliphatic carbocycles. The Labute approximate surface area is 209 Å². The van der Waals surface area contributed by atoms with Crippen LogP contribution in [0.5, 0.6) is 11.8 Å². The highest BCUT2D eigenvalue weighted by atomic mass is 16.5. The Morgan fingerprint density at radius 1 is 1.00 bits per heavy atom. The van der Waals surface area contributed by atoms with Crippen LogP contribution in [0.25, 0.3) is 16.6 Å². The van der Waals surface area contributed by atoms with Gasteiger partial charge in [-0.2, -0.15) is 4.68 Å². The SMILES string of the molecule is CN1CCC2(c3cccc(Oc4nnnn4-c4ccccc4)c3)Cc3[nH]c4ccccc4c3CC2C1. The molecule has 3 aromatic carbocycles.